The van der Waals surface area contributed by atoms with Gasteiger partial charge in [-0.1, -0.05) is 91.0 Å². The maximum Gasteiger partial charge on any atom is 0.142 e. The van der Waals surface area contributed by atoms with Gasteiger partial charge < -0.3 is 0 Å². The average molecular weight is 459 g/mol. The number of rotatable bonds is 5. The van der Waals surface area contributed by atoms with Gasteiger partial charge in [-0.2, -0.15) is 0 Å². The molecule has 0 N–H and O–H groups in total. The minimum Gasteiger partial charge on any atom is -0.264 e. The van der Waals surface area contributed by atoms with Crippen molar-refractivity contribution < 1.29 is 0 Å². The lowest BCUT2D eigenvalue weighted by Crippen LogP contribution is -2.33. The summed E-state index contributed by atoms with van der Waals surface area (Å²) in [5, 5.41) is 0. The van der Waals surface area contributed by atoms with Gasteiger partial charge in [-0.25, -0.2) is 4.48 Å². The highest BCUT2D eigenvalue weighted by Gasteiger charge is 2.30. The zero-order chi connectivity index (χ0) is 24.6. The largest absolute Gasteiger partial charge is 0.264 e. The fourth-order valence-corrected chi connectivity index (χ4v) is 4.38. The molecular formula is C33H34N2+2. The topological polar surface area (TPSA) is 0 Å². The molecule has 5 rings (SSSR count). The fraction of sp³-hybridized carbons (Fsp3) is 0.0909. The van der Waals surface area contributed by atoms with Crippen molar-refractivity contribution >= 4 is 28.4 Å². The van der Waals surface area contributed by atoms with Crippen molar-refractivity contribution in [2.24, 2.45) is 0 Å². The van der Waals surface area contributed by atoms with Crippen LogP contribution in [-0.2, 0) is 0 Å². The van der Waals surface area contributed by atoms with Gasteiger partial charge in [0.05, 0.1) is 21.1 Å². The van der Waals surface area contributed by atoms with E-state index < -0.39 is 0 Å². The second-order valence-electron chi connectivity index (χ2n) is 9.14. The van der Waals surface area contributed by atoms with E-state index in [1.807, 2.05) is 0 Å². The van der Waals surface area contributed by atoms with E-state index in [4.69, 9.17) is 0 Å². The van der Waals surface area contributed by atoms with E-state index in [1.54, 1.807) is 0 Å². The summed E-state index contributed by atoms with van der Waals surface area (Å²) in [6.07, 6.45) is 0. The van der Waals surface area contributed by atoms with Crippen LogP contribution in [0.15, 0.2) is 152 Å². The number of nitrogens with zero attached hydrogens (tertiary/aromatic N) is 2. The van der Waals surface area contributed by atoms with Crippen molar-refractivity contribution in [1.82, 2.24) is 8.97 Å². The summed E-state index contributed by atoms with van der Waals surface area (Å²) in [4.78, 5) is 0. The summed E-state index contributed by atoms with van der Waals surface area (Å²) < 4.78 is 1.45. The summed E-state index contributed by atoms with van der Waals surface area (Å²) >= 11 is 0. The predicted molar refractivity (Wildman–Crippen MR) is 153 cm³/mol. The van der Waals surface area contributed by atoms with Crippen LogP contribution in [0.3, 0.4) is 0 Å². The minimum atomic E-state index is 0.669. The quantitative estimate of drug-likeness (QED) is 0.231. The summed E-state index contributed by atoms with van der Waals surface area (Å²) in [7, 11) is 6.63. The monoisotopic (exact) mass is 458 g/mol. The zero-order valence-corrected chi connectivity index (χ0v) is 20.8. The second kappa shape index (κ2) is 11.0. The molecule has 0 bridgehead atoms. The molecule has 0 fully saturated rings. The summed E-state index contributed by atoms with van der Waals surface area (Å²) in [6, 6.07) is 52.9. The van der Waals surface area contributed by atoms with Gasteiger partial charge in [-0.3, -0.25) is 4.48 Å². The Kier molecular flexibility index (Phi) is 7.57. The molecule has 0 aromatic heterocycles. The van der Waals surface area contributed by atoms with Crippen molar-refractivity contribution in [3.8, 4) is 0 Å². The maximum atomic E-state index is 2.24. The first-order chi connectivity index (χ1) is 17.0. The molecule has 2 heteroatoms. The molecule has 0 aliphatic rings. The highest BCUT2D eigenvalue weighted by molar-refractivity contribution is 5.69. The lowest BCUT2D eigenvalue weighted by molar-refractivity contribution is 0.555. The third-order valence-corrected chi connectivity index (χ3v) is 6.62. The SMILES string of the molecule is C[N+](C)(c1ccccc1)c1ccccc1.C[N+](c1ccccc1)(c1ccccc1)c1ccccc1. The molecule has 35 heavy (non-hydrogen) atoms. The van der Waals surface area contributed by atoms with E-state index in [-0.39, 0.29) is 0 Å². The van der Waals surface area contributed by atoms with Crippen molar-refractivity contribution in [3.05, 3.63) is 152 Å². The summed E-state index contributed by atoms with van der Waals surface area (Å²) in [6.45, 7) is 0. The Morgan fingerprint density at radius 1 is 0.286 bits per heavy atom. The lowest BCUT2D eigenvalue weighted by atomic mass is 10.1. The van der Waals surface area contributed by atoms with Crippen LogP contribution in [0.25, 0.3) is 0 Å². The van der Waals surface area contributed by atoms with E-state index in [0.717, 1.165) is 4.48 Å². The highest BCUT2D eigenvalue weighted by atomic mass is 15.3. The van der Waals surface area contributed by atoms with Gasteiger partial charge in [0, 0.05) is 0 Å². The van der Waals surface area contributed by atoms with Crippen molar-refractivity contribution in [3.63, 3.8) is 0 Å². The molecule has 0 saturated heterocycles. The maximum absolute atomic E-state index is 2.24. The van der Waals surface area contributed by atoms with Crippen LogP contribution in [-0.4, -0.2) is 21.1 Å². The Balaban J connectivity index is 0.000000172. The van der Waals surface area contributed by atoms with E-state index in [0.29, 0.717) is 4.48 Å². The van der Waals surface area contributed by atoms with Crippen LogP contribution in [0.2, 0.25) is 0 Å². The second-order valence-corrected chi connectivity index (χ2v) is 9.14. The number of benzene rings is 5. The van der Waals surface area contributed by atoms with Gasteiger partial charge in [0.2, 0.25) is 0 Å². The molecule has 0 aliphatic heterocycles. The van der Waals surface area contributed by atoms with Gasteiger partial charge in [0.25, 0.3) is 0 Å². The highest BCUT2D eigenvalue weighted by Crippen LogP contribution is 2.41. The third-order valence-electron chi connectivity index (χ3n) is 6.62. The lowest BCUT2D eigenvalue weighted by Gasteiger charge is -2.33. The van der Waals surface area contributed by atoms with Crippen LogP contribution in [0.1, 0.15) is 0 Å². The van der Waals surface area contributed by atoms with Crippen LogP contribution in [0, 0.1) is 0 Å². The molecule has 174 valence electrons. The molecule has 0 amide bonds. The molecule has 2 nitrogen and oxygen atoms in total. The van der Waals surface area contributed by atoms with Crippen LogP contribution < -0.4 is 8.97 Å². The number of para-hydroxylation sites is 5. The van der Waals surface area contributed by atoms with Crippen LogP contribution in [0.5, 0.6) is 0 Å². The van der Waals surface area contributed by atoms with Crippen molar-refractivity contribution in [2.45, 2.75) is 0 Å². The fourth-order valence-electron chi connectivity index (χ4n) is 4.38. The molecule has 0 saturated carbocycles. The molecule has 0 radical (unpaired) electrons. The van der Waals surface area contributed by atoms with Gasteiger partial charge >= 0.3 is 0 Å². The first-order valence-electron chi connectivity index (χ1n) is 12.0. The molecule has 5 aromatic rings. The third kappa shape index (κ3) is 5.41. The number of hydrogen-bond donors (Lipinski definition) is 0. The Morgan fingerprint density at radius 3 is 0.714 bits per heavy atom. The van der Waals surface area contributed by atoms with Crippen molar-refractivity contribution in [2.75, 3.05) is 21.1 Å². The smallest absolute Gasteiger partial charge is 0.142 e. The van der Waals surface area contributed by atoms with E-state index in [2.05, 4.69) is 173 Å². The van der Waals surface area contributed by atoms with E-state index in [1.165, 1.54) is 28.4 Å². The molecule has 0 unspecified atom stereocenters. The van der Waals surface area contributed by atoms with Gasteiger partial charge in [0.1, 0.15) is 28.4 Å². The molecule has 0 spiro atoms. The number of quaternary nitrogens is 2. The summed E-state index contributed by atoms with van der Waals surface area (Å²) in [5.41, 5.74) is 6.35. The molecule has 5 aromatic carbocycles. The Bertz CT molecular complexity index is 1150. The van der Waals surface area contributed by atoms with Gasteiger partial charge in [-0.15, -0.1) is 0 Å². The molecule has 0 aliphatic carbocycles. The minimum absolute atomic E-state index is 0.669. The van der Waals surface area contributed by atoms with Crippen molar-refractivity contribution in [1.29, 1.82) is 0 Å². The Morgan fingerprint density at radius 2 is 0.486 bits per heavy atom. The first-order valence-corrected chi connectivity index (χ1v) is 12.0. The van der Waals surface area contributed by atoms with Gasteiger partial charge in [0.15, 0.2) is 0 Å². The first kappa shape index (κ1) is 24.2. The zero-order valence-electron chi connectivity index (χ0n) is 20.8. The molecule has 0 atom stereocenters. The normalized spacial score (nSPS) is 11.3. The predicted octanol–water partition coefficient (Wildman–Crippen LogP) is 8.87. The van der Waals surface area contributed by atoms with Gasteiger partial charge in [-0.05, 0) is 60.7 Å². The molecular weight excluding hydrogens is 424 g/mol. The van der Waals surface area contributed by atoms with Crippen LogP contribution in [0.4, 0.5) is 28.4 Å². The average Bonchev–Trinajstić information content (AvgIpc) is 2.95. The number of hydrogen-bond acceptors (Lipinski definition) is 0. The summed E-state index contributed by atoms with van der Waals surface area (Å²) in [5.74, 6) is 0. The van der Waals surface area contributed by atoms with Crippen LogP contribution >= 0.6 is 0 Å². The Hall–Kier alpha value is -3.98. The molecule has 0 heterocycles. The standard InChI is InChI=1S/C19H18N.C14H16N/c1-20(17-11-5-2-6-12-17,18-13-7-3-8-14-18)19-15-9-4-10-16-19;1-15(2,13-9-5-3-6-10-13)14-11-7-4-8-12-14/h2-16H,1H3;3-12H,1-2H3/q2*+1. The van der Waals surface area contributed by atoms with E-state index >= 15 is 0 Å². The van der Waals surface area contributed by atoms with E-state index in [9.17, 15) is 0 Å². The Labute approximate surface area is 210 Å².